The molecule has 9 heteroatoms. The summed E-state index contributed by atoms with van der Waals surface area (Å²) in [6, 6.07) is 18.1. The van der Waals surface area contributed by atoms with Crippen molar-refractivity contribution in [1.82, 2.24) is 10.6 Å². The molecule has 31 heavy (non-hydrogen) atoms. The van der Waals surface area contributed by atoms with Crippen LogP contribution in [0.5, 0.6) is 0 Å². The molecule has 0 unspecified atom stereocenters. The van der Waals surface area contributed by atoms with Gasteiger partial charge in [0.2, 0.25) is 0 Å². The Labute approximate surface area is 185 Å². The van der Waals surface area contributed by atoms with E-state index in [1.807, 2.05) is 12.1 Å². The molecule has 162 valence electrons. The van der Waals surface area contributed by atoms with Crippen LogP contribution in [0.1, 0.15) is 16.6 Å². The van der Waals surface area contributed by atoms with Crippen molar-refractivity contribution in [2.75, 3.05) is 13.1 Å². The summed E-state index contributed by atoms with van der Waals surface area (Å²) < 4.78 is 31.4. The fourth-order valence-electron chi connectivity index (χ4n) is 2.93. The Morgan fingerprint density at radius 2 is 1.58 bits per heavy atom. The molecule has 0 aliphatic carbocycles. The normalized spacial score (nSPS) is 12.2. The van der Waals surface area contributed by atoms with Crippen molar-refractivity contribution < 1.29 is 22.4 Å². The molecule has 1 aromatic heterocycles. The molecular formula is C22H21ClN2O5S. The molecule has 3 aromatic rings. The second-order valence-corrected chi connectivity index (χ2v) is 9.27. The van der Waals surface area contributed by atoms with Crippen molar-refractivity contribution in [2.45, 2.75) is 16.6 Å². The molecule has 2 N–H and O–H groups in total. The highest BCUT2D eigenvalue weighted by molar-refractivity contribution is 7.91. The molecule has 1 heterocycles. The molecule has 0 saturated heterocycles. The fraction of sp³-hybridized carbons (Fsp3) is 0.182. The van der Waals surface area contributed by atoms with E-state index in [0.29, 0.717) is 11.4 Å². The van der Waals surface area contributed by atoms with Gasteiger partial charge in [0.1, 0.15) is 11.0 Å². The van der Waals surface area contributed by atoms with Gasteiger partial charge in [-0.3, -0.25) is 9.59 Å². The van der Waals surface area contributed by atoms with Gasteiger partial charge in [-0.05, 0) is 48.4 Å². The minimum absolute atomic E-state index is 0.0954. The number of carbonyl (C=O) groups excluding carboxylic acids is 2. The van der Waals surface area contributed by atoms with Crippen molar-refractivity contribution in [3.63, 3.8) is 0 Å². The molecular weight excluding hydrogens is 440 g/mol. The first-order valence-corrected chi connectivity index (χ1v) is 11.4. The van der Waals surface area contributed by atoms with E-state index in [9.17, 15) is 18.0 Å². The van der Waals surface area contributed by atoms with Crippen LogP contribution in [0.2, 0.25) is 5.02 Å². The lowest BCUT2D eigenvalue weighted by atomic mass is 10.1. The topological polar surface area (TPSA) is 105 Å². The molecule has 0 radical (unpaired) electrons. The highest BCUT2D eigenvalue weighted by Crippen LogP contribution is 2.28. The van der Waals surface area contributed by atoms with Gasteiger partial charge in [0.15, 0.2) is 9.84 Å². The molecule has 0 fully saturated rings. The Bertz CT molecular complexity index is 1110. The number of sulfone groups is 1. The fourth-order valence-corrected chi connectivity index (χ4v) is 4.66. The van der Waals surface area contributed by atoms with Gasteiger partial charge >= 0.3 is 11.8 Å². The monoisotopic (exact) mass is 460 g/mol. The lowest BCUT2D eigenvalue weighted by Crippen LogP contribution is -2.42. The number of rotatable bonds is 8. The van der Waals surface area contributed by atoms with E-state index in [1.165, 1.54) is 24.5 Å². The zero-order valence-electron chi connectivity index (χ0n) is 16.5. The smallest absolute Gasteiger partial charge is 0.309 e. The van der Waals surface area contributed by atoms with E-state index in [0.717, 1.165) is 5.56 Å². The zero-order chi connectivity index (χ0) is 22.3. The van der Waals surface area contributed by atoms with Gasteiger partial charge < -0.3 is 15.1 Å². The third-order valence-electron chi connectivity index (χ3n) is 4.57. The van der Waals surface area contributed by atoms with Crippen LogP contribution < -0.4 is 10.6 Å². The van der Waals surface area contributed by atoms with Crippen LogP contribution in [0.3, 0.4) is 0 Å². The van der Waals surface area contributed by atoms with Crippen LogP contribution in [0.15, 0.2) is 82.3 Å². The molecule has 2 aromatic carbocycles. The van der Waals surface area contributed by atoms with Crippen LogP contribution in [0.4, 0.5) is 0 Å². The number of carbonyl (C=O) groups is 2. The molecule has 0 saturated carbocycles. The minimum atomic E-state index is -3.85. The molecule has 2 amide bonds. The average Bonchev–Trinajstić information content (AvgIpc) is 3.30. The van der Waals surface area contributed by atoms with Gasteiger partial charge in [0.05, 0.1) is 11.2 Å². The van der Waals surface area contributed by atoms with E-state index in [2.05, 4.69) is 10.6 Å². The van der Waals surface area contributed by atoms with Crippen molar-refractivity contribution in [2.24, 2.45) is 0 Å². The summed E-state index contributed by atoms with van der Waals surface area (Å²) in [5.74, 6) is -1.59. The van der Waals surface area contributed by atoms with Gasteiger partial charge in [-0.2, -0.15) is 0 Å². The maximum absolute atomic E-state index is 13.0. The standard InChI is InChI=1S/C22H21ClN2O5S/c23-17-10-8-16(9-11-17)12-13-24-21(26)22(27)25-15-20(19-7-4-14-30-19)31(28,29)18-5-2-1-3-6-18/h1-11,14,20H,12-13,15H2,(H,24,26)(H,25,27)/t20-/m1/s1. The van der Waals surface area contributed by atoms with E-state index >= 15 is 0 Å². The van der Waals surface area contributed by atoms with Crippen LogP contribution in [0.25, 0.3) is 0 Å². The number of hydrogen-bond donors (Lipinski definition) is 2. The van der Waals surface area contributed by atoms with Crippen LogP contribution in [-0.2, 0) is 25.8 Å². The molecule has 1 atom stereocenters. The third-order valence-corrected chi connectivity index (χ3v) is 6.90. The molecule has 3 rings (SSSR count). The maximum Gasteiger partial charge on any atom is 0.309 e. The predicted molar refractivity (Wildman–Crippen MR) is 116 cm³/mol. The second-order valence-electron chi connectivity index (χ2n) is 6.70. The SMILES string of the molecule is O=C(NCCc1ccc(Cl)cc1)C(=O)NC[C@H](c1ccco1)S(=O)(=O)c1ccccc1. The zero-order valence-corrected chi connectivity index (χ0v) is 18.0. The third kappa shape index (κ3) is 5.96. The van der Waals surface area contributed by atoms with Gasteiger partial charge in [-0.25, -0.2) is 8.42 Å². The largest absolute Gasteiger partial charge is 0.468 e. The van der Waals surface area contributed by atoms with Gasteiger partial charge in [0.25, 0.3) is 0 Å². The van der Waals surface area contributed by atoms with Crippen LogP contribution in [-0.4, -0.2) is 33.3 Å². The Morgan fingerprint density at radius 1 is 0.903 bits per heavy atom. The lowest BCUT2D eigenvalue weighted by molar-refractivity contribution is -0.139. The minimum Gasteiger partial charge on any atom is -0.468 e. The number of furan rings is 1. The molecule has 0 aliphatic rings. The molecule has 7 nitrogen and oxygen atoms in total. The van der Waals surface area contributed by atoms with E-state index in [4.69, 9.17) is 16.0 Å². The number of benzene rings is 2. The van der Waals surface area contributed by atoms with Crippen molar-refractivity contribution in [3.8, 4) is 0 Å². The quantitative estimate of drug-likeness (QED) is 0.503. The maximum atomic E-state index is 13.0. The number of halogens is 1. The first-order valence-electron chi connectivity index (χ1n) is 9.51. The highest BCUT2D eigenvalue weighted by Gasteiger charge is 2.32. The molecule has 0 bridgehead atoms. The molecule has 0 aliphatic heterocycles. The molecule has 0 spiro atoms. The Balaban J connectivity index is 1.60. The summed E-state index contributed by atoms with van der Waals surface area (Å²) in [5.41, 5.74) is 0.956. The Hall–Kier alpha value is -3.10. The van der Waals surface area contributed by atoms with Gasteiger partial charge in [0, 0.05) is 18.1 Å². The van der Waals surface area contributed by atoms with E-state index in [-0.39, 0.29) is 23.7 Å². The Morgan fingerprint density at radius 3 is 2.23 bits per heavy atom. The summed E-state index contributed by atoms with van der Waals surface area (Å²) in [4.78, 5) is 24.4. The highest BCUT2D eigenvalue weighted by atomic mass is 35.5. The lowest BCUT2D eigenvalue weighted by Gasteiger charge is -2.16. The first-order chi connectivity index (χ1) is 14.9. The van der Waals surface area contributed by atoms with Gasteiger partial charge in [-0.1, -0.05) is 41.9 Å². The summed E-state index contributed by atoms with van der Waals surface area (Å²) in [6.07, 6.45) is 1.88. The van der Waals surface area contributed by atoms with Crippen molar-refractivity contribution in [3.05, 3.63) is 89.3 Å². The van der Waals surface area contributed by atoms with Crippen molar-refractivity contribution in [1.29, 1.82) is 0 Å². The number of amides is 2. The summed E-state index contributed by atoms with van der Waals surface area (Å²) >= 11 is 5.83. The van der Waals surface area contributed by atoms with Crippen LogP contribution >= 0.6 is 11.6 Å². The van der Waals surface area contributed by atoms with Gasteiger partial charge in [-0.15, -0.1) is 0 Å². The summed E-state index contributed by atoms with van der Waals surface area (Å²) in [7, 11) is -3.85. The first kappa shape index (κ1) is 22.6. The van der Waals surface area contributed by atoms with Crippen molar-refractivity contribution >= 4 is 33.3 Å². The number of nitrogens with one attached hydrogen (secondary N) is 2. The van der Waals surface area contributed by atoms with Crippen LogP contribution in [0, 0.1) is 0 Å². The average molecular weight is 461 g/mol. The predicted octanol–water partition coefficient (Wildman–Crippen LogP) is 2.92. The van der Waals surface area contributed by atoms with E-state index < -0.39 is 26.9 Å². The number of hydrogen-bond acceptors (Lipinski definition) is 5. The Kier molecular flexibility index (Phi) is 7.49. The van der Waals surface area contributed by atoms with E-state index in [1.54, 1.807) is 36.4 Å². The summed E-state index contributed by atoms with van der Waals surface area (Å²) in [5, 5.41) is 4.36. The summed E-state index contributed by atoms with van der Waals surface area (Å²) in [6.45, 7) is -0.0635. The second kappa shape index (κ2) is 10.3.